The van der Waals surface area contributed by atoms with Crippen molar-refractivity contribution in [1.82, 2.24) is 14.9 Å². The fourth-order valence-electron chi connectivity index (χ4n) is 5.88. The van der Waals surface area contributed by atoms with Crippen LogP contribution in [0.3, 0.4) is 0 Å². The van der Waals surface area contributed by atoms with Crippen molar-refractivity contribution < 1.29 is 18.0 Å². The van der Waals surface area contributed by atoms with Gasteiger partial charge in [-0.2, -0.15) is 18.2 Å². The van der Waals surface area contributed by atoms with Gasteiger partial charge in [0.25, 0.3) is 5.91 Å². The Morgan fingerprint density at radius 1 is 0.750 bits per heavy atom. The molecule has 6 rings (SSSR count). The number of piperidine rings is 1. The van der Waals surface area contributed by atoms with E-state index in [1.165, 1.54) is 24.2 Å². The summed E-state index contributed by atoms with van der Waals surface area (Å²) in [6, 6.07) is 15.1. The number of carbonyl (C=O) groups is 1. The number of rotatable bonds is 4. The molecule has 0 spiro atoms. The van der Waals surface area contributed by atoms with Gasteiger partial charge in [0, 0.05) is 69.0 Å². The summed E-state index contributed by atoms with van der Waals surface area (Å²) >= 11 is 0. The van der Waals surface area contributed by atoms with Crippen molar-refractivity contribution in [1.29, 1.82) is 0 Å². The van der Waals surface area contributed by atoms with Gasteiger partial charge in [-0.3, -0.25) is 4.79 Å². The number of piperazine rings is 1. The lowest BCUT2D eigenvalue weighted by atomic mass is 10.0. The number of aromatic nitrogens is 2. The number of anilines is 3. The second-order valence-electron chi connectivity index (χ2n) is 10.7. The quantitative estimate of drug-likeness (QED) is 0.455. The number of hydrogen-bond donors (Lipinski definition) is 0. The van der Waals surface area contributed by atoms with Gasteiger partial charge in [0.05, 0.1) is 17.8 Å². The minimum atomic E-state index is -4.50. The average Bonchev–Trinajstić information content (AvgIpc) is 3.00. The van der Waals surface area contributed by atoms with Crippen molar-refractivity contribution in [2.45, 2.75) is 38.4 Å². The molecule has 3 aromatic rings. The molecular weight excluding hydrogens is 517 g/mol. The fraction of sp³-hybridized carbons (Fsp3) is 0.433. The number of fused-ring (bicyclic) bond motifs is 1. The molecule has 0 bridgehead atoms. The van der Waals surface area contributed by atoms with Crippen molar-refractivity contribution in [3.05, 3.63) is 77.0 Å². The number of alkyl halides is 3. The van der Waals surface area contributed by atoms with Crippen molar-refractivity contribution in [3.63, 3.8) is 0 Å². The number of hydrogen-bond acceptors (Lipinski definition) is 6. The lowest BCUT2D eigenvalue weighted by Gasteiger charge is -2.38. The third-order valence-corrected chi connectivity index (χ3v) is 8.09. The molecule has 2 saturated heterocycles. The standard InChI is InChI=1S/C30H33F3N6O/c31-30(32,33)23-9-7-8-22(20-23)28(40)39-15-12-26-25(21-39)27(37-13-5-2-6-14-37)35-29(34-26)38-18-16-36(17-19-38)24-10-3-1-4-11-24/h1,3-4,7-11,20H,2,5-6,12-19,21H2. The van der Waals surface area contributed by atoms with Crippen LogP contribution in [-0.4, -0.2) is 66.6 Å². The largest absolute Gasteiger partial charge is 0.416 e. The average molecular weight is 551 g/mol. The van der Waals surface area contributed by atoms with E-state index in [9.17, 15) is 18.0 Å². The van der Waals surface area contributed by atoms with Crippen LogP contribution in [0.2, 0.25) is 0 Å². The summed E-state index contributed by atoms with van der Waals surface area (Å²) < 4.78 is 39.8. The maximum absolute atomic E-state index is 13.3. The van der Waals surface area contributed by atoms with Gasteiger partial charge in [-0.1, -0.05) is 24.3 Å². The smallest absolute Gasteiger partial charge is 0.368 e. The summed E-state index contributed by atoms with van der Waals surface area (Å²) in [5.74, 6) is 1.19. The molecule has 210 valence electrons. The summed E-state index contributed by atoms with van der Waals surface area (Å²) in [6.45, 7) is 5.86. The Morgan fingerprint density at radius 2 is 1.48 bits per heavy atom. The van der Waals surface area contributed by atoms with Gasteiger partial charge in [0.15, 0.2) is 0 Å². The minimum absolute atomic E-state index is 0.0478. The molecule has 0 N–H and O–H groups in total. The van der Waals surface area contributed by atoms with E-state index >= 15 is 0 Å². The Labute approximate surface area is 232 Å². The molecule has 2 aromatic carbocycles. The molecule has 0 radical (unpaired) electrons. The zero-order chi connectivity index (χ0) is 27.7. The summed E-state index contributed by atoms with van der Waals surface area (Å²) in [4.78, 5) is 31.9. The van der Waals surface area contributed by atoms with Gasteiger partial charge < -0.3 is 19.6 Å². The minimum Gasteiger partial charge on any atom is -0.368 e. The summed E-state index contributed by atoms with van der Waals surface area (Å²) in [5, 5.41) is 0. The second kappa shape index (κ2) is 11.0. The van der Waals surface area contributed by atoms with E-state index in [0.717, 1.165) is 87.3 Å². The van der Waals surface area contributed by atoms with Gasteiger partial charge in [0.1, 0.15) is 5.82 Å². The van der Waals surface area contributed by atoms with Gasteiger partial charge in [-0.05, 0) is 49.6 Å². The third kappa shape index (κ3) is 5.44. The molecule has 3 aliphatic heterocycles. The first kappa shape index (κ1) is 26.4. The van der Waals surface area contributed by atoms with Crippen LogP contribution in [0.25, 0.3) is 0 Å². The van der Waals surface area contributed by atoms with E-state index < -0.39 is 17.6 Å². The zero-order valence-electron chi connectivity index (χ0n) is 22.4. The van der Waals surface area contributed by atoms with E-state index in [4.69, 9.17) is 9.97 Å². The molecule has 2 fully saturated rings. The SMILES string of the molecule is O=C(c1cccc(C(F)(F)F)c1)N1CCc2nc(N3CCN(c4ccccc4)CC3)nc(N3CCCCC3)c2C1. The summed E-state index contributed by atoms with van der Waals surface area (Å²) in [5.41, 5.74) is 2.30. The van der Waals surface area contributed by atoms with E-state index in [-0.39, 0.29) is 12.1 Å². The van der Waals surface area contributed by atoms with Crippen LogP contribution in [0.4, 0.5) is 30.6 Å². The normalized spacial score (nSPS) is 18.1. The van der Waals surface area contributed by atoms with E-state index in [2.05, 4.69) is 39.0 Å². The molecule has 0 saturated carbocycles. The molecule has 3 aliphatic rings. The van der Waals surface area contributed by atoms with Gasteiger partial charge in [0.2, 0.25) is 5.95 Å². The van der Waals surface area contributed by atoms with Crippen LogP contribution < -0.4 is 14.7 Å². The van der Waals surface area contributed by atoms with Crippen LogP contribution in [0.5, 0.6) is 0 Å². The first-order valence-corrected chi connectivity index (χ1v) is 14.0. The molecule has 1 amide bonds. The van der Waals surface area contributed by atoms with E-state index in [1.807, 2.05) is 6.07 Å². The highest BCUT2D eigenvalue weighted by Crippen LogP contribution is 2.33. The highest BCUT2D eigenvalue weighted by Gasteiger charge is 2.33. The maximum atomic E-state index is 13.3. The number of benzene rings is 2. The molecule has 10 heteroatoms. The number of carbonyl (C=O) groups excluding carboxylic acids is 1. The maximum Gasteiger partial charge on any atom is 0.416 e. The van der Waals surface area contributed by atoms with Gasteiger partial charge in [-0.15, -0.1) is 0 Å². The van der Waals surface area contributed by atoms with Gasteiger partial charge >= 0.3 is 6.18 Å². The molecular formula is C30H33F3N6O. The van der Waals surface area contributed by atoms with Crippen LogP contribution in [0.15, 0.2) is 54.6 Å². The molecule has 0 unspecified atom stereocenters. The van der Waals surface area contributed by atoms with Crippen molar-refractivity contribution in [3.8, 4) is 0 Å². The van der Waals surface area contributed by atoms with Crippen LogP contribution in [-0.2, 0) is 19.1 Å². The highest BCUT2D eigenvalue weighted by molar-refractivity contribution is 5.94. The topological polar surface area (TPSA) is 55.8 Å². The monoisotopic (exact) mass is 550 g/mol. The first-order chi connectivity index (χ1) is 19.4. The molecule has 4 heterocycles. The number of halogens is 3. The fourth-order valence-corrected chi connectivity index (χ4v) is 5.88. The zero-order valence-corrected chi connectivity index (χ0v) is 22.4. The second-order valence-corrected chi connectivity index (χ2v) is 10.7. The lowest BCUT2D eigenvalue weighted by Crippen LogP contribution is -2.47. The number of amides is 1. The Hall–Kier alpha value is -3.82. The van der Waals surface area contributed by atoms with Crippen molar-refractivity contribution >= 4 is 23.4 Å². The highest BCUT2D eigenvalue weighted by atomic mass is 19.4. The Bertz CT molecular complexity index is 1350. The van der Waals surface area contributed by atoms with Crippen LogP contribution >= 0.6 is 0 Å². The lowest BCUT2D eigenvalue weighted by molar-refractivity contribution is -0.137. The molecule has 0 aliphatic carbocycles. The third-order valence-electron chi connectivity index (χ3n) is 8.09. The Morgan fingerprint density at radius 3 is 2.20 bits per heavy atom. The Kier molecular flexibility index (Phi) is 7.25. The molecule has 1 aromatic heterocycles. The van der Waals surface area contributed by atoms with Crippen molar-refractivity contribution in [2.24, 2.45) is 0 Å². The van der Waals surface area contributed by atoms with Gasteiger partial charge in [-0.25, -0.2) is 4.98 Å². The first-order valence-electron chi connectivity index (χ1n) is 14.0. The summed E-state index contributed by atoms with van der Waals surface area (Å²) in [6.07, 6.45) is -0.616. The predicted molar refractivity (Wildman–Crippen MR) is 149 cm³/mol. The number of nitrogens with zero attached hydrogens (tertiary/aromatic N) is 6. The van der Waals surface area contributed by atoms with Crippen LogP contribution in [0, 0.1) is 0 Å². The van der Waals surface area contributed by atoms with Crippen LogP contribution in [0.1, 0.15) is 46.4 Å². The van der Waals surface area contributed by atoms with E-state index in [0.29, 0.717) is 13.0 Å². The molecule has 7 nitrogen and oxygen atoms in total. The molecule has 40 heavy (non-hydrogen) atoms. The van der Waals surface area contributed by atoms with Crippen molar-refractivity contribution in [2.75, 3.05) is 60.5 Å². The van der Waals surface area contributed by atoms with E-state index in [1.54, 1.807) is 4.90 Å². The Balaban J connectivity index is 1.25. The number of para-hydroxylation sites is 1. The predicted octanol–water partition coefficient (Wildman–Crippen LogP) is 5.01. The summed E-state index contributed by atoms with van der Waals surface area (Å²) in [7, 11) is 0. The molecule has 0 atom stereocenters.